The first-order valence-electron chi connectivity index (χ1n) is 13.5. The van der Waals surface area contributed by atoms with Gasteiger partial charge in [-0.2, -0.15) is 0 Å². The van der Waals surface area contributed by atoms with Gasteiger partial charge >= 0.3 is 0 Å². The first-order chi connectivity index (χ1) is 19.5. The zero-order valence-electron chi connectivity index (χ0n) is 23.0. The fraction of sp³-hybridized carbons (Fsp3) is 0.290. The van der Waals surface area contributed by atoms with E-state index in [4.69, 9.17) is 4.74 Å². The number of ether oxygens (including phenoxy) is 1. The van der Waals surface area contributed by atoms with Crippen LogP contribution in [0.3, 0.4) is 0 Å². The molecule has 2 heterocycles. The molecule has 0 saturated heterocycles. The molecule has 1 aliphatic rings. The molecule has 5 rings (SSSR count). The number of methoxy groups -OCH3 is 1. The SMILES string of the molecule is CCc1cccc(CC)c1-n1c(CNC(=O)c2ccc(OC)cc2)nnc1SCC(=O)N1CCc2ccccc21. The van der Waals surface area contributed by atoms with Crippen molar-refractivity contribution in [1.29, 1.82) is 0 Å². The van der Waals surface area contributed by atoms with E-state index >= 15 is 0 Å². The van der Waals surface area contributed by atoms with Crippen LogP contribution in [0.2, 0.25) is 0 Å². The molecule has 0 fully saturated rings. The van der Waals surface area contributed by atoms with Crippen LogP contribution in [0.1, 0.15) is 46.7 Å². The summed E-state index contributed by atoms with van der Waals surface area (Å²) < 4.78 is 7.21. The zero-order chi connectivity index (χ0) is 28.1. The molecule has 206 valence electrons. The van der Waals surface area contributed by atoms with Crippen molar-refractivity contribution in [1.82, 2.24) is 20.1 Å². The van der Waals surface area contributed by atoms with E-state index in [9.17, 15) is 9.59 Å². The summed E-state index contributed by atoms with van der Waals surface area (Å²) in [6.07, 6.45) is 2.52. The summed E-state index contributed by atoms with van der Waals surface area (Å²) in [7, 11) is 1.59. The second-order valence-corrected chi connectivity index (χ2v) is 10.4. The fourth-order valence-electron chi connectivity index (χ4n) is 5.04. The smallest absolute Gasteiger partial charge is 0.251 e. The van der Waals surface area contributed by atoms with Crippen LogP contribution < -0.4 is 15.0 Å². The highest BCUT2D eigenvalue weighted by Crippen LogP contribution is 2.31. The van der Waals surface area contributed by atoms with E-state index < -0.39 is 0 Å². The summed E-state index contributed by atoms with van der Waals surface area (Å²) in [5, 5.41) is 12.6. The maximum atomic E-state index is 13.3. The van der Waals surface area contributed by atoms with Crippen molar-refractivity contribution in [2.24, 2.45) is 0 Å². The van der Waals surface area contributed by atoms with Gasteiger partial charge in [0.05, 0.1) is 25.1 Å². The summed E-state index contributed by atoms with van der Waals surface area (Å²) in [6.45, 7) is 5.11. The van der Waals surface area contributed by atoms with Gasteiger partial charge < -0.3 is 15.0 Å². The number of anilines is 1. The molecule has 0 saturated carbocycles. The van der Waals surface area contributed by atoms with Gasteiger partial charge in [0.2, 0.25) is 5.91 Å². The van der Waals surface area contributed by atoms with Crippen LogP contribution in [0.4, 0.5) is 5.69 Å². The highest BCUT2D eigenvalue weighted by molar-refractivity contribution is 7.99. The van der Waals surface area contributed by atoms with E-state index in [0.717, 1.165) is 41.8 Å². The average molecular weight is 556 g/mol. The van der Waals surface area contributed by atoms with Gasteiger partial charge in [-0.1, -0.05) is 62.0 Å². The highest BCUT2D eigenvalue weighted by atomic mass is 32.2. The summed E-state index contributed by atoms with van der Waals surface area (Å²) >= 11 is 1.38. The molecule has 3 aromatic carbocycles. The molecular weight excluding hydrogens is 522 g/mol. The molecule has 0 atom stereocenters. The lowest BCUT2D eigenvalue weighted by Crippen LogP contribution is -2.30. The minimum absolute atomic E-state index is 0.0401. The van der Waals surface area contributed by atoms with E-state index in [2.05, 4.69) is 53.6 Å². The topological polar surface area (TPSA) is 89.4 Å². The third-order valence-corrected chi connectivity index (χ3v) is 8.07. The number of fused-ring (bicyclic) bond motifs is 1. The van der Waals surface area contributed by atoms with Crippen LogP contribution in [0.25, 0.3) is 5.69 Å². The number of rotatable bonds is 10. The number of carbonyl (C=O) groups is 2. The van der Waals surface area contributed by atoms with Crippen molar-refractivity contribution in [3.63, 3.8) is 0 Å². The lowest BCUT2D eigenvalue weighted by atomic mass is 10.0. The quantitative estimate of drug-likeness (QED) is 0.277. The third-order valence-electron chi connectivity index (χ3n) is 7.16. The summed E-state index contributed by atoms with van der Waals surface area (Å²) in [5.74, 6) is 1.36. The molecule has 9 heteroatoms. The minimum Gasteiger partial charge on any atom is -0.497 e. The van der Waals surface area contributed by atoms with Crippen LogP contribution in [-0.4, -0.2) is 46.0 Å². The molecule has 1 N–H and O–H groups in total. The number of thioether (sulfide) groups is 1. The van der Waals surface area contributed by atoms with Gasteiger partial charge in [-0.05, 0) is 66.3 Å². The van der Waals surface area contributed by atoms with E-state index in [1.54, 1.807) is 31.4 Å². The number of aryl methyl sites for hydroxylation is 2. The predicted molar refractivity (Wildman–Crippen MR) is 158 cm³/mol. The first kappa shape index (κ1) is 27.5. The summed E-state index contributed by atoms with van der Waals surface area (Å²) in [5.41, 5.74) is 6.05. The van der Waals surface area contributed by atoms with Crippen molar-refractivity contribution >= 4 is 29.3 Å². The Bertz CT molecular complexity index is 1490. The van der Waals surface area contributed by atoms with Gasteiger partial charge in [0.1, 0.15) is 5.75 Å². The van der Waals surface area contributed by atoms with Crippen molar-refractivity contribution in [3.8, 4) is 11.4 Å². The van der Waals surface area contributed by atoms with Gasteiger partial charge in [-0.3, -0.25) is 14.2 Å². The Labute approximate surface area is 238 Å². The maximum Gasteiger partial charge on any atom is 0.251 e. The number of nitrogens with one attached hydrogen (secondary N) is 1. The minimum atomic E-state index is -0.214. The lowest BCUT2D eigenvalue weighted by molar-refractivity contribution is -0.116. The summed E-state index contributed by atoms with van der Waals surface area (Å²) in [6, 6.07) is 21.3. The second-order valence-electron chi connectivity index (χ2n) is 9.49. The van der Waals surface area contributed by atoms with E-state index in [0.29, 0.717) is 28.8 Å². The number of benzene rings is 3. The average Bonchev–Trinajstić information content (AvgIpc) is 3.62. The van der Waals surface area contributed by atoms with E-state index in [-0.39, 0.29) is 24.1 Å². The van der Waals surface area contributed by atoms with Crippen molar-refractivity contribution < 1.29 is 14.3 Å². The first-order valence-corrected chi connectivity index (χ1v) is 14.5. The monoisotopic (exact) mass is 555 g/mol. The molecular formula is C31H33N5O3S. The number of para-hydroxylation sites is 2. The Kier molecular flexibility index (Phi) is 8.50. The molecule has 4 aromatic rings. The normalized spacial score (nSPS) is 12.3. The Morgan fingerprint density at radius 2 is 1.68 bits per heavy atom. The highest BCUT2D eigenvalue weighted by Gasteiger charge is 2.26. The molecule has 1 aliphatic heterocycles. The standard InChI is InChI=1S/C31H33N5O3S/c1-4-21-10-8-11-22(5-2)29(21)36-27(19-32-30(38)24-13-15-25(39-3)16-14-24)33-34-31(36)40-20-28(37)35-18-17-23-9-6-7-12-26(23)35/h6-16H,4-5,17-20H2,1-3H3,(H,32,38). The molecule has 40 heavy (non-hydrogen) atoms. The fourth-order valence-corrected chi connectivity index (χ4v) is 5.87. The van der Waals surface area contributed by atoms with Crippen LogP contribution in [0.15, 0.2) is 71.9 Å². The number of amides is 2. The van der Waals surface area contributed by atoms with Crippen LogP contribution in [-0.2, 0) is 30.6 Å². The van der Waals surface area contributed by atoms with Gasteiger partial charge in [-0.15, -0.1) is 10.2 Å². The van der Waals surface area contributed by atoms with Gasteiger partial charge in [0, 0.05) is 17.8 Å². The number of hydrogen-bond acceptors (Lipinski definition) is 6. The second kappa shape index (κ2) is 12.4. The van der Waals surface area contributed by atoms with Crippen LogP contribution in [0, 0.1) is 0 Å². The summed E-state index contributed by atoms with van der Waals surface area (Å²) in [4.78, 5) is 28.1. The molecule has 0 unspecified atom stereocenters. The molecule has 1 aromatic heterocycles. The Hall–Kier alpha value is -4.11. The number of hydrogen-bond donors (Lipinski definition) is 1. The Balaban J connectivity index is 1.41. The molecule has 0 spiro atoms. The van der Waals surface area contributed by atoms with E-state index in [1.807, 2.05) is 27.7 Å². The van der Waals surface area contributed by atoms with Crippen molar-refractivity contribution in [2.45, 2.75) is 44.8 Å². The molecule has 0 aliphatic carbocycles. The Morgan fingerprint density at radius 1 is 0.950 bits per heavy atom. The van der Waals surface area contributed by atoms with Gasteiger partial charge in [-0.25, -0.2) is 0 Å². The number of nitrogens with zero attached hydrogens (tertiary/aromatic N) is 4. The van der Waals surface area contributed by atoms with Crippen molar-refractivity contribution in [3.05, 3.63) is 94.8 Å². The third kappa shape index (κ3) is 5.60. The predicted octanol–water partition coefficient (Wildman–Crippen LogP) is 5.01. The largest absolute Gasteiger partial charge is 0.497 e. The van der Waals surface area contributed by atoms with Gasteiger partial charge in [0.25, 0.3) is 5.91 Å². The zero-order valence-corrected chi connectivity index (χ0v) is 23.8. The molecule has 8 nitrogen and oxygen atoms in total. The number of aromatic nitrogens is 3. The molecule has 0 bridgehead atoms. The number of carbonyl (C=O) groups excluding carboxylic acids is 2. The molecule has 2 amide bonds. The molecule has 0 radical (unpaired) electrons. The van der Waals surface area contributed by atoms with E-state index in [1.165, 1.54) is 17.3 Å². The lowest BCUT2D eigenvalue weighted by Gasteiger charge is -2.19. The van der Waals surface area contributed by atoms with Crippen molar-refractivity contribution in [2.75, 3.05) is 24.3 Å². The van der Waals surface area contributed by atoms with Crippen LogP contribution in [0.5, 0.6) is 5.75 Å². The van der Waals surface area contributed by atoms with Gasteiger partial charge in [0.15, 0.2) is 11.0 Å². The maximum absolute atomic E-state index is 13.3. The Morgan fingerprint density at radius 3 is 2.38 bits per heavy atom. The van der Waals surface area contributed by atoms with Crippen LogP contribution >= 0.6 is 11.8 Å².